The zero-order valence-corrected chi connectivity index (χ0v) is 11.3. The molecule has 2 rings (SSSR count). The minimum Gasteiger partial charge on any atom is -0.497 e. The Kier molecular flexibility index (Phi) is 3.84. The summed E-state index contributed by atoms with van der Waals surface area (Å²) in [7, 11) is 3.80. The molecule has 0 aromatic heterocycles. The van der Waals surface area contributed by atoms with Gasteiger partial charge in [-0.25, -0.2) is 0 Å². The molecule has 0 bridgehead atoms. The lowest BCUT2D eigenvalue weighted by Crippen LogP contribution is -2.40. The van der Waals surface area contributed by atoms with Gasteiger partial charge >= 0.3 is 0 Å². The number of rotatable bonds is 3. The van der Waals surface area contributed by atoms with Gasteiger partial charge in [0.15, 0.2) is 0 Å². The molecule has 17 heavy (non-hydrogen) atoms. The highest BCUT2D eigenvalue weighted by Gasteiger charge is 2.29. The van der Waals surface area contributed by atoms with Crippen molar-refractivity contribution in [1.82, 2.24) is 0 Å². The normalized spacial score (nSPS) is 23.4. The molecule has 1 aliphatic rings. The van der Waals surface area contributed by atoms with Crippen molar-refractivity contribution in [3.63, 3.8) is 0 Å². The standard InChI is InChI=1S/C13H19NO2S/c1-9-12(6-7-15)17-13-8-10(16-3)4-5-11(13)14(9)2/h4-5,8-9,12,15H,6-7H2,1-3H3. The first kappa shape index (κ1) is 12.6. The molecule has 0 amide bonds. The van der Waals surface area contributed by atoms with Crippen LogP contribution in [-0.4, -0.2) is 37.2 Å². The minimum absolute atomic E-state index is 0.245. The fraction of sp³-hybridized carbons (Fsp3) is 0.538. The quantitative estimate of drug-likeness (QED) is 0.896. The second-order valence-corrected chi connectivity index (χ2v) is 5.63. The molecule has 94 valence electrons. The van der Waals surface area contributed by atoms with Crippen molar-refractivity contribution in [1.29, 1.82) is 0 Å². The van der Waals surface area contributed by atoms with Gasteiger partial charge in [0.2, 0.25) is 0 Å². The van der Waals surface area contributed by atoms with Crippen molar-refractivity contribution >= 4 is 17.4 Å². The second kappa shape index (κ2) is 5.19. The maximum absolute atomic E-state index is 9.11. The van der Waals surface area contributed by atoms with E-state index < -0.39 is 0 Å². The molecule has 0 saturated carbocycles. The van der Waals surface area contributed by atoms with Crippen LogP contribution >= 0.6 is 11.8 Å². The number of anilines is 1. The Labute approximate surface area is 107 Å². The number of hydrogen-bond donors (Lipinski definition) is 1. The van der Waals surface area contributed by atoms with E-state index in [1.165, 1.54) is 10.6 Å². The zero-order valence-electron chi connectivity index (χ0n) is 10.5. The van der Waals surface area contributed by atoms with Gasteiger partial charge in [0, 0.05) is 29.8 Å². The SMILES string of the molecule is COc1ccc2c(c1)SC(CCO)C(C)N2C. The van der Waals surface area contributed by atoms with Crippen molar-refractivity contribution in [3.8, 4) is 5.75 Å². The van der Waals surface area contributed by atoms with E-state index in [2.05, 4.69) is 31.0 Å². The summed E-state index contributed by atoms with van der Waals surface area (Å²) in [6.07, 6.45) is 0.826. The van der Waals surface area contributed by atoms with E-state index in [1.807, 2.05) is 17.8 Å². The molecule has 1 aromatic rings. The number of hydrogen-bond acceptors (Lipinski definition) is 4. The lowest BCUT2D eigenvalue weighted by Gasteiger charge is -2.39. The third kappa shape index (κ3) is 2.38. The van der Waals surface area contributed by atoms with Gasteiger partial charge in [-0.2, -0.15) is 0 Å². The van der Waals surface area contributed by atoms with Crippen molar-refractivity contribution in [3.05, 3.63) is 18.2 Å². The Hall–Kier alpha value is -0.870. The highest BCUT2D eigenvalue weighted by atomic mass is 32.2. The fourth-order valence-electron chi connectivity index (χ4n) is 2.16. The van der Waals surface area contributed by atoms with Crippen LogP contribution in [0.2, 0.25) is 0 Å². The Morgan fingerprint density at radius 2 is 2.24 bits per heavy atom. The molecule has 4 heteroatoms. The number of aliphatic hydroxyl groups is 1. The van der Waals surface area contributed by atoms with E-state index in [-0.39, 0.29) is 6.61 Å². The van der Waals surface area contributed by atoms with Crippen LogP contribution in [0.3, 0.4) is 0 Å². The first-order valence-corrected chi connectivity index (χ1v) is 6.73. The number of methoxy groups -OCH3 is 1. The van der Waals surface area contributed by atoms with E-state index in [1.54, 1.807) is 7.11 Å². The highest BCUT2D eigenvalue weighted by molar-refractivity contribution is 8.00. The van der Waals surface area contributed by atoms with E-state index >= 15 is 0 Å². The van der Waals surface area contributed by atoms with Gasteiger partial charge in [-0.1, -0.05) is 0 Å². The van der Waals surface area contributed by atoms with E-state index in [0.717, 1.165) is 12.2 Å². The maximum Gasteiger partial charge on any atom is 0.120 e. The molecule has 0 radical (unpaired) electrons. The van der Waals surface area contributed by atoms with Gasteiger partial charge in [0.25, 0.3) is 0 Å². The van der Waals surface area contributed by atoms with Crippen molar-refractivity contribution in [2.45, 2.75) is 29.5 Å². The molecule has 1 N–H and O–H groups in total. The monoisotopic (exact) mass is 253 g/mol. The van der Waals surface area contributed by atoms with Gasteiger partial charge in [-0.3, -0.25) is 0 Å². The number of benzene rings is 1. The van der Waals surface area contributed by atoms with Gasteiger partial charge in [-0.15, -0.1) is 11.8 Å². The molecule has 0 aliphatic carbocycles. The first-order chi connectivity index (χ1) is 8.17. The predicted molar refractivity (Wildman–Crippen MR) is 72.2 cm³/mol. The molecule has 1 aliphatic heterocycles. The second-order valence-electron chi connectivity index (χ2n) is 4.35. The summed E-state index contributed by atoms with van der Waals surface area (Å²) in [5.41, 5.74) is 1.25. The number of fused-ring (bicyclic) bond motifs is 1. The van der Waals surface area contributed by atoms with Crippen molar-refractivity contribution in [2.24, 2.45) is 0 Å². The van der Waals surface area contributed by atoms with Crippen LogP contribution in [0.15, 0.2) is 23.1 Å². The Morgan fingerprint density at radius 3 is 2.88 bits per heavy atom. The Balaban J connectivity index is 2.31. The van der Waals surface area contributed by atoms with Crippen LogP contribution in [0.25, 0.3) is 0 Å². The molecule has 1 aromatic carbocycles. The molecule has 3 nitrogen and oxygen atoms in total. The van der Waals surface area contributed by atoms with E-state index in [0.29, 0.717) is 11.3 Å². The third-order valence-electron chi connectivity index (χ3n) is 3.39. The third-order valence-corrected chi connectivity index (χ3v) is 4.90. The van der Waals surface area contributed by atoms with Gasteiger partial charge in [0.1, 0.15) is 5.75 Å². The van der Waals surface area contributed by atoms with Gasteiger partial charge in [-0.05, 0) is 31.5 Å². The van der Waals surface area contributed by atoms with Crippen molar-refractivity contribution in [2.75, 3.05) is 25.7 Å². The van der Waals surface area contributed by atoms with Crippen LogP contribution in [0.1, 0.15) is 13.3 Å². The van der Waals surface area contributed by atoms with Crippen LogP contribution in [0, 0.1) is 0 Å². The van der Waals surface area contributed by atoms with Crippen molar-refractivity contribution < 1.29 is 9.84 Å². The smallest absolute Gasteiger partial charge is 0.120 e. The first-order valence-electron chi connectivity index (χ1n) is 5.85. The minimum atomic E-state index is 0.245. The van der Waals surface area contributed by atoms with Crippen LogP contribution < -0.4 is 9.64 Å². The summed E-state index contributed by atoms with van der Waals surface area (Å²) in [4.78, 5) is 3.52. The zero-order chi connectivity index (χ0) is 12.4. The Bertz CT molecular complexity index is 397. The molecule has 0 saturated heterocycles. The summed E-state index contributed by atoms with van der Waals surface area (Å²) in [6.45, 7) is 2.45. The molecule has 0 fully saturated rings. The van der Waals surface area contributed by atoms with Crippen LogP contribution in [0.5, 0.6) is 5.75 Å². The van der Waals surface area contributed by atoms with Crippen LogP contribution in [0.4, 0.5) is 5.69 Å². The fourth-order valence-corrected chi connectivity index (χ4v) is 3.61. The lowest BCUT2D eigenvalue weighted by atomic mass is 10.1. The van der Waals surface area contributed by atoms with Gasteiger partial charge < -0.3 is 14.7 Å². The highest BCUT2D eigenvalue weighted by Crippen LogP contribution is 2.43. The number of aliphatic hydroxyl groups excluding tert-OH is 1. The summed E-state index contributed by atoms with van der Waals surface area (Å²) < 4.78 is 5.26. The maximum atomic E-state index is 9.11. The Morgan fingerprint density at radius 1 is 1.47 bits per heavy atom. The number of nitrogens with zero attached hydrogens (tertiary/aromatic N) is 1. The van der Waals surface area contributed by atoms with E-state index in [9.17, 15) is 0 Å². The molecular weight excluding hydrogens is 234 g/mol. The van der Waals surface area contributed by atoms with Gasteiger partial charge in [0.05, 0.1) is 12.8 Å². The summed E-state index contributed by atoms with van der Waals surface area (Å²) in [6, 6.07) is 6.61. The molecule has 2 atom stereocenters. The topological polar surface area (TPSA) is 32.7 Å². The van der Waals surface area contributed by atoms with E-state index in [4.69, 9.17) is 9.84 Å². The summed E-state index contributed by atoms with van der Waals surface area (Å²) >= 11 is 1.84. The summed E-state index contributed by atoms with van der Waals surface area (Å²) in [5.74, 6) is 0.891. The average molecular weight is 253 g/mol. The average Bonchev–Trinajstić information content (AvgIpc) is 2.35. The number of ether oxygens (including phenoxy) is 1. The largest absolute Gasteiger partial charge is 0.497 e. The molecule has 2 unspecified atom stereocenters. The predicted octanol–water partition coefficient (Wildman–Crippen LogP) is 2.38. The molecular formula is C13H19NO2S. The number of thioether (sulfide) groups is 1. The van der Waals surface area contributed by atoms with Crippen LogP contribution in [-0.2, 0) is 0 Å². The lowest BCUT2D eigenvalue weighted by molar-refractivity contribution is 0.282. The molecule has 1 heterocycles. The molecule has 0 spiro atoms. The summed E-state index contributed by atoms with van der Waals surface area (Å²) in [5, 5.41) is 9.55.